The summed E-state index contributed by atoms with van der Waals surface area (Å²) in [5, 5.41) is 1.11. The first-order chi connectivity index (χ1) is 10.2. The van der Waals surface area contributed by atoms with Crippen LogP contribution in [0.2, 0.25) is 0 Å². The molecule has 0 spiro atoms. The van der Waals surface area contributed by atoms with Gasteiger partial charge in [0.2, 0.25) is 0 Å². The lowest BCUT2D eigenvalue weighted by atomic mass is 10.4. The Morgan fingerprint density at radius 3 is 2.41 bits per heavy atom. The normalized spacial score (nSPS) is 14.8. The standard InChI is InChI=1S/C13H14F3N3OS2/c1-19(2)22(20,10-6-4-3-5-7-10)17-8-12-18-11(9-21-12)13(14,15)16/h3-7,9H,8H2,1-2H3/t22-/m0/s1. The molecule has 2 rings (SSSR count). The number of thiazole rings is 1. The summed E-state index contributed by atoms with van der Waals surface area (Å²) in [5.74, 6) is 0. The van der Waals surface area contributed by atoms with E-state index in [1.54, 1.807) is 44.4 Å². The van der Waals surface area contributed by atoms with Crippen LogP contribution in [-0.4, -0.2) is 27.6 Å². The summed E-state index contributed by atoms with van der Waals surface area (Å²) in [6, 6.07) is 8.61. The van der Waals surface area contributed by atoms with Gasteiger partial charge in [-0.2, -0.15) is 13.2 Å². The number of hydrogen-bond donors (Lipinski definition) is 0. The van der Waals surface area contributed by atoms with Gasteiger partial charge in [0.15, 0.2) is 5.69 Å². The first-order valence-corrected chi connectivity index (χ1v) is 8.56. The van der Waals surface area contributed by atoms with Crippen molar-refractivity contribution in [3.63, 3.8) is 0 Å². The minimum Gasteiger partial charge on any atom is -0.235 e. The summed E-state index contributed by atoms with van der Waals surface area (Å²) in [4.78, 5) is 4.00. The summed E-state index contributed by atoms with van der Waals surface area (Å²) >= 11 is 0.855. The SMILES string of the molecule is CN(C)[S@@](=O)(=NCc1nc(C(F)(F)F)cs1)c1ccccc1. The van der Waals surface area contributed by atoms with Gasteiger partial charge in [0, 0.05) is 19.5 Å². The van der Waals surface area contributed by atoms with E-state index in [2.05, 4.69) is 9.35 Å². The Kier molecular flexibility index (Phi) is 4.88. The second-order valence-corrected chi connectivity index (χ2v) is 7.93. The topological polar surface area (TPSA) is 45.6 Å². The molecule has 2 aromatic rings. The van der Waals surface area contributed by atoms with Crippen molar-refractivity contribution in [2.24, 2.45) is 4.36 Å². The van der Waals surface area contributed by atoms with Gasteiger partial charge < -0.3 is 0 Å². The molecule has 0 unspecified atom stereocenters. The second kappa shape index (κ2) is 6.35. The minimum atomic E-state index is -4.48. The first kappa shape index (κ1) is 16.9. The Labute approximate surface area is 130 Å². The predicted molar refractivity (Wildman–Crippen MR) is 79.8 cm³/mol. The lowest BCUT2D eigenvalue weighted by molar-refractivity contribution is -0.140. The van der Waals surface area contributed by atoms with Crippen molar-refractivity contribution in [2.75, 3.05) is 14.1 Å². The Morgan fingerprint density at radius 1 is 1.27 bits per heavy atom. The van der Waals surface area contributed by atoms with Crippen molar-refractivity contribution in [3.8, 4) is 0 Å². The molecule has 1 aromatic heterocycles. The predicted octanol–water partition coefficient (Wildman–Crippen LogP) is 3.67. The van der Waals surface area contributed by atoms with Crippen LogP contribution in [0.1, 0.15) is 10.7 Å². The summed E-state index contributed by atoms with van der Waals surface area (Å²) < 4.78 is 56.1. The molecule has 0 radical (unpaired) electrons. The molecule has 1 heterocycles. The van der Waals surface area contributed by atoms with Crippen molar-refractivity contribution in [1.29, 1.82) is 0 Å². The van der Waals surface area contributed by atoms with E-state index in [9.17, 15) is 17.4 Å². The maximum atomic E-state index is 13.0. The third-order valence-electron chi connectivity index (χ3n) is 2.76. The fourth-order valence-corrected chi connectivity index (χ4v) is 4.07. The number of aromatic nitrogens is 1. The van der Waals surface area contributed by atoms with Crippen molar-refractivity contribution in [1.82, 2.24) is 9.29 Å². The van der Waals surface area contributed by atoms with Crippen LogP contribution in [-0.2, 0) is 22.6 Å². The Bertz CT molecular complexity index is 747. The van der Waals surface area contributed by atoms with Crippen LogP contribution >= 0.6 is 11.3 Å². The van der Waals surface area contributed by atoms with E-state index in [-0.39, 0.29) is 11.6 Å². The zero-order chi connectivity index (χ0) is 16.4. The van der Waals surface area contributed by atoms with Crippen LogP contribution in [0.25, 0.3) is 0 Å². The van der Waals surface area contributed by atoms with Crippen molar-refractivity contribution < 1.29 is 17.4 Å². The molecule has 1 atom stereocenters. The van der Waals surface area contributed by atoms with Crippen LogP contribution in [0, 0.1) is 0 Å². The number of rotatable bonds is 4. The maximum Gasteiger partial charge on any atom is 0.434 e. The van der Waals surface area contributed by atoms with Gasteiger partial charge in [-0.15, -0.1) is 11.3 Å². The van der Waals surface area contributed by atoms with Crippen LogP contribution in [0.3, 0.4) is 0 Å². The highest BCUT2D eigenvalue weighted by Gasteiger charge is 2.33. The molecule has 1 aromatic carbocycles. The Balaban J connectivity index is 2.33. The first-order valence-electron chi connectivity index (χ1n) is 6.20. The average molecular weight is 349 g/mol. The summed E-state index contributed by atoms with van der Waals surface area (Å²) in [5.41, 5.74) is -0.946. The van der Waals surface area contributed by atoms with E-state index in [1.165, 1.54) is 4.31 Å². The number of nitrogens with zero attached hydrogens (tertiary/aromatic N) is 3. The van der Waals surface area contributed by atoms with Gasteiger partial charge in [0.1, 0.15) is 21.5 Å². The van der Waals surface area contributed by atoms with E-state index < -0.39 is 21.8 Å². The molecule has 0 N–H and O–H groups in total. The molecule has 0 saturated carbocycles. The van der Waals surface area contributed by atoms with E-state index in [0.29, 0.717) is 4.90 Å². The largest absolute Gasteiger partial charge is 0.434 e. The highest BCUT2D eigenvalue weighted by atomic mass is 32.2. The summed E-state index contributed by atoms with van der Waals surface area (Å²) in [6.45, 7) is -0.132. The lowest BCUT2D eigenvalue weighted by Gasteiger charge is -2.17. The van der Waals surface area contributed by atoms with Crippen LogP contribution in [0.5, 0.6) is 0 Å². The Morgan fingerprint density at radius 2 is 1.91 bits per heavy atom. The Hall–Kier alpha value is -1.45. The van der Waals surface area contributed by atoms with E-state index in [4.69, 9.17) is 0 Å². The van der Waals surface area contributed by atoms with Gasteiger partial charge in [-0.1, -0.05) is 18.2 Å². The maximum absolute atomic E-state index is 13.0. The quantitative estimate of drug-likeness (QED) is 0.845. The van der Waals surface area contributed by atoms with Gasteiger partial charge in [0.25, 0.3) is 0 Å². The fourth-order valence-electron chi connectivity index (χ4n) is 1.66. The zero-order valence-electron chi connectivity index (χ0n) is 11.9. The molecule has 0 amide bonds. The monoisotopic (exact) mass is 349 g/mol. The molecule has 0 fully saturated rings. The smallest absolute Gasteiger partial charge is 0.235 e. The van der Waals surface area contributed by atoms with Gasteiger partial charge in [0.05, 0.1) is 4.90 Å². The van der Waals surface area contributed by atoms with Gasteiger partial charge in [-0.05, 0) is 12.1 Å². The van der Waals surface area contributed by atoms with E-state index in [0.717, 1.165) is 16.7 Å². The third-order valence-corrected chi connectivity index (χ3v) is 5.95. The molecular weight excluding hydrogens is 335 g/mol. The molecular formula is C13H14F3N3OS2. The molecule has 9 heteroatoms. The molecule has 22 heavy (non-hydrogen) atoms. The third kappa shape index (κ3) is 3.65. The number of benzene rings is 1. The fraction of sp³-hybridized carbons (Fsp3) is 0.308. The van der Waals surface area contributed by atoms with Crippen LogP contribution < -0.4 is 0 Å². The molecule has 0 aliphatic carbocycles. The molecule has 120 valence electrons. The number of halogens is 3. The van der Waals surface area contributed by atoms with Gasteiger partial charge >= 0.3 is 6.18 Å². The number of hydrogen-bond acceptors (Lipinski definition) is 4. The molecule has 0 aliphatic heterocycles. The molecule has 0 saturated heterocycles. The number of alkyl halides is 3. The van der Waals surface area contributed by atoms with E-state index in [1.807, 2.05) is 0 Å². The lowest BCUT2D eigenvalue weighted by Crippen LogP contribution is -2.22. The summed E-state index contributed by atoms with van der Waals surface area (Å²) in [6.07, 6.45) is -4.48. The average Bonchev–Trinajstić information content (AvgIpc) is 2.94. The van der Waals surface area contributed by atoms with Gasteiger partial charge in [-0.3, -0.25) is 0 Å². The van der Waals surface area contributed by atoms with Crippen LogP contribution in [0.15, 0.2) is 45.0 Å². The van der Waals surface area contributed by atoms with Crippen molar-refractivity contribution in [3.05, 3.63) is 46.4 Å². The van der Waals surface area contributed by atoms with Crippen molar-refractivity contribution in [2.45, 2.75) is 17.6 Å². The van der Waals surface area contributed by atoms with E-state index >= 15 is 0 Å². The molecule has 0 aliphatic rings. The minimum absolute atomic E-state index is 0.132. The highest BCUT2D eigenvalue weighted by molar-refractivity contribution is 7.91. The summed E-state index contributed by atoms with van der Waals surface area (Å²) in [7, 11) is 0.361. The second-order valence-electron chi connectivity index (χ2n) is 4.53. The molecule has 4 nitrogen and oxygen atoms in total. The molecule has 0 bridgehead atoms. The van der Waals surface area contributed by atoms with Crippen LogP contribution in [0.4, 0.5) is 13.2 Å². The highest BCUT2D eigenvalue weighted by Crippen LogP contribution is 2.30. The zero-order valence-corrected chi connectivity index (χ0v) is 13.5. The van der Waals surface area contributed by atoms with Gasteiger partial charge in [-0.25, -0.2) is 17.9 Å². The van der Waals surface area contributed by atoms with Crippen molar-refractivity contribution >= 4 is 21.3 Å².